The van der Waals surface area contributed by atoms with Gasteiger partial charge < -0.3 is 9.84 Å². The molecule has 2 unspecified atom stereocenters. The number of hydrogen-bond acceptors (Lipinski definition) is 2. The lowest BCUT2D eigenvalue weighted by Crippen LogP contribution is -2.07. The summed E-state index contributed by atoms with van der Waals surface area (Å²) in [5, 5.41) is 9.11. The van der Waals surface area contributed by atoms with Crippen LogP contribution in [0.1, 0.15) is 12.8 Å². The third kappa shape index (κ3) is 2.63. The largest absolute Gasteiger partial charge is 0.393 e. The zero-order valence-corrected chi connectivity index (χ0v) is 5.42. The number of aliphatic hydroxyl groups excluding tert-OH is 1. The Hall–Kier alpha value is -0.340. The summed E-state index contributed by atoms with van der Waals surface area (Å²) in [7, 11) is 0. The number of rotatable bonds is 4. The van der Waals surface area contributed by atoms with Crippen molar-refractivity contribution in [3.63, 3.8) is 0 Å². The fourth-order valence-electron chi connectivity index (χ4n) is 0.796. The Bertz CT molecular complexity index is 97.1. The molecule has 0 aromatic heterocycles. The van der Waals surface area contributed by atoms with Crippen LogP contribution in [-0.2, 0) is 4.74 Å². The van der Waals surface area contributed by atoms with Crippen molar-refractivity contribution in [2.45, 2.75) is 25.0 Å². The molecular weight excluding hydrogens is 116 g/mol. The maximum Gasteiger partial charge on any atom is 0.0834 e. The Balaban J connectivity index is 2.01. The van der Waals surface area contributed by atoms with Crippen molar-refractivity contribution >= 4 is 0 Å². The fraction of sp³-hybridized carbons (Fsp3) is 0.714. The van der Waals surface area contributed by atoms with Gasteiger partial charge in [-0.15, -0.1) is 6.58 Å². The summed E-state index contributed by atoms with van der Waals surface area (Å²) in [5.74, 6) is 0. The van der Waals surface area contributed by atoms with Crippen LogP contribution >= 0.6 is 0 Å². The predicted octanol–water partition coefficient (Wildman–Crippen LogP) is 0.712. The summed E-state index contributed by atoms with van der Waals surface area (Å²) in [6, 6.07) is 0. The van der Waals surface area contributed by atoms with Gasteiger partial charge in [-0.2, -0.15) is 0 Å². The maximum atomic E-state index is 9.11. The molecule has 2 nitrogen and oxygen atoms in total. The highest BCUT2D eigenvalue weighted by atomic mass is 16.6. The summed E-state index contributed by atoms with van der Waals surface area (Å²) in [5.41, 5.74) is 0. The molecule has 2 heteroatoms. The minimum atomic E-state index is -0.241. The number of ether oxygens (including phenoxy) is 1. The van der Waals surface area contributed by atoms with Crippen LogP contribution in [0.15, 0.2) is 12.7 Å². The van der Waals surface area contributed by atoms with Gasteiger partial charge in [0.05, 0.1) is 18.8 Å². The van der Waals surface area contributed by atoms with Crippen LogP contribution in [0.4, 0.5) is 0 Å². The molecule has 1 aliphatic heterocycles. The summed E-state index contributed by atoms with van der Waals surface area (Å²) < 4.78 is 4.93. The lowest BCUT2D eigenvalue weighted by atomic mass is 10.1. The molecule has 0 aliphatic carbocycles. The van der Waals surface area contributed by atoms with Crippen LogP contribution in [0.3, 0.4) is 0 Å². The van der Waals surface area contributed by atoms with E-state index in [1.807, 2.05) is 0 Å². The molecule has 0 radical (unpaired) electrons. The van der Waals surface area contributed by atoms with Crippen molar-refractivity contribution in [2.75, 3.05) is 6.61 Å². The molecule has 52 valence electrons. The Kier molecular flexibility index (Phi) is 2.25. The number of hydrogen-bond donors (Lipinski definition) is 1. The van der Waals surface area contributed by atoms with E-state index in [-0.39, 0.29) is 6.10 Å². The van der Waals surface area contributed by atoms with Gasteiger partial charge in [-0.25, -0.2) is 0 Å². The molecule has 1 aliphatic rings. The molecule has 0 saturated carbocycles. The van der Waals surface area contributed by atoms with Gasteiger partial charge >= 0.3 is 0 Å². The molecule has 1 heterocycles. The van der Waals surface area contributed by atoms with Gasteiger partial charge in [0.1, 0.15) is 0 Å². The minimum Gasteiger partial charge on any atom is -0.393 e. The molecule has 0 bridgehead atoms. The molecule has 1 fully saturated rings. The number of epoxide rings is 1. The van der Waals surface area contributed by atoms with E-state index in [2.05, 4.69) is 6.58 Å². The van der Waals surface area contributed by atoms with Crippen LogP contribution in [0, 0.1) is 0 Å². The van der Waals surface area contributed by atoms with Crippen molar-refractivity contribution in [3.8, 4) is 0 Å². The molecular formula is C7H12O2. The van der Waals surface area contributed by atoms with Crippen LogP contribution < -0.4 is 0 Å². The normalized spacial score (nSPS) is 27.4. The van der Waals surface area contributed by atoms with E-state index in [4.69, 9.17) is 9.84 Å². The molecule has 1 saturated heterocycles. The molecule has 1 rings (SSSR count). The van der Waals surface area contributed by atoms with Crippen LogP contribution in [0.25, 0.3) is 0 Å². The Morgan fingerprint density at radius 2 is 2.56 bits per heavy atom. The second-order valence-electron chi connectivity index (χ2n) is 2.37. The van der Waals surface area contributed by atoms with E-state index in [0.717, 1.165) is 13.0 Å². The summed E-state index contributed by atoms with van der Waals surface area (Å²) in [6.45, 7) is 4.36. The second-order valence-corrected chi connectivity index (χ2v) is 2.37. The van der Waals surface area contributed by atoms with Crippen LogP contribution in [-0.4, -0.2) is 23.9 Å². The van der Waals surface area contributed by atoms with Crippen molar-refractivity contribution in [1.29, 1.82) is 0 Å². The first-order valence-corrected chi connectivity index (χ1v) is 3.23. The third-order valence-electron chi connectivity index (χ3n) is 1.38. The predicted molar refractivity (Wildman–Crippen MR) is 35.2 cm³/mol. The van der Waals surface area contributed by atoms with Crippen molar-refractivity contribution in [2.24, 2.45) is 0 Å². The van der Waals surface area contributed by atoms with E-state index in [1.165, 1.54) is 0 Å². The Morgan fingerprint density at radius 3 is 3.00 bits per heavy atom. The zero-order valence-electron chi connectivity index (χ0n) is 5.42. The fourth-order valence-corrected chi connectivity index (χ4v) is 0.796. The van der Waals surface area contributed by atoms with Crippen LogP contribution in [0.5, 0.6) is 0 Å². The van der Waals surface area contributed by atoms with Crippen molar-refractivity contribution < 1.29 is 9.84 Å². The number of aliphatic hydroxyl groups is 1. The first-order valence-electron chi connectivity index (χ1n) is 3.23. The standard InChI is InChI=1S/C7H12O2/c1-2-3-6(8)4-7-5-9-7/h2,6-8H,1,3-5H2. The summed E-state index contributed by atoms with van der Waals surface area (Å²) >= 11 is 0. The average molecular weight is 128 g/mol. The van der Waals surface area contributed by atoms with Gasteiger partial charge in [-0.3, -0.25) is 0 Å². The van der Waals surface area contributed by atoms with Gasteiger partial charge in [-0.1, -0.05) is 6.08 Å². The highest BCUT2D eigenvalue weighted by Gasteiger charge is 2.24. The van der Waals surface area contributed by atoms with Gasteiger partial charge in [0.15, 0.2) is 0 Å². The second kappa shape index (κ2) is 2.99. The summed E-state index contributed by atoms with van der Waals surface area (Å²) in [4.78, 5) is 0. The van der Waals surface area contributed by atoms with Crippen molar-refractivity contribution in [3.05, 3.63) is 12.7 Å². The molecule has 0 aromatic rings. The lowest BCUT2D eigenvalue weighted by molar-refractivity contribution is 0.155. The molecule has 0 spiro atoms. The maximum absolute atomic E-state index is 9.11. The van der Waals surface area contributed by atoms with E-state index in [0.29, 0.717) is 12.5 Å². The average Bonchev–Trinajstić information content (AvgIpc) is 2.50. The summed E-state index contributed by atoms with van der Waals surface area (Å²) in [6.07, 6.45) is 3.27. The quantitative estimate of drug-likeness (QED) is 0.447. The van der Waals surface area contributed by atoms with Gasteiger partial charge in [0.2, 0.25) is 0 Å². The van der Waals surface area contributed by atoms with E-state index in [1.54, 1.807) is 6.08 Å². The molecule has 0 aromatic carbocycles. The van der Waals surface area contributed by atoms with E-state index in [9.17, 15) is 0 Å². The minimum absolute atomic E-state index is 0.241. The van der Waals surface area contributed by atoms with Crippen molar-refractivity contribution in [1.82, 2.24) is 0 Å². The zero-order chi connectivity index (χ0) is 6.69. The highest BCUT2D eigenvalue weighted by Crippen LogP contribution is 2.16. The topological polar surface area (TPSA) is 32.8 Å². The third-order valence-corrected chi connectivity index (χ3v) is 1.38. The first-order chi connectivity index (χ1) is 4.33. The molecule has 0 amide bonds. The molecule has 2 atom stereocenters. The first kappa shape index (κ1) is 6.78. The SMILES string of the molecule is C=CCC(O)CC1CO1. The van der Waals surface area contributed by atoms with E-state index < -0.39 is 0 Å². The molecule has 1 N–H and O–H groups in total. The smallest absolute Gasteiger partial charge is 0.0834 e. The Labute approximate surface area is 55.1 Å². The van der Waals surface area contributed by atoms with E-state index >= 15 is 0 Å². The van der Waals surface area contributed by atoms with Gasteiger partial charge in [-0.05, 0) is 6.42 Å². The van der Waals surface area contributed by atoms with Gasteiger partial charge in [0, 0.05) is 6.42 Å². The monoisotopic (exact) mass is 128 g/mol. The molecule has 9 heavy (non-hydrogen) atoms. The van der Waals surface area contributed by atoms with Crippen LogP contribution in [0.2, 0.25) is 0 Å². The Morgan fingerprint density at radius 1 is 1.89 bits per heavy atom. The lowest BCUT2D eigenvalue weighted by Gasteiger charge is -2.02. The van der Waals surface area contributed by atoms with Gasteiger partial charge in [0.25, 0.3) is 0 Å². The highest BCUT2D eigenvalue weighted by molar-refractivity contribution is 4.78.